The number of hydrogen-bond donors (Lipinski definition) is 4. The molecule has 0 saturated carbocycles. The lowest BCUT2D eigenvalue weighted by Crippen LogP contribution is -2.17. The molecule has 0 aliphatic rings. The van der Waals surface area contributed by atoms with Gasteiger partial charge in [0.1, 0.15) is 0 Å². The van der Waals surface area contributed by atoms with E-state index in [0.29, 0.717) is 22.8 Å². The Balaban J connectivity index is 1.65. The molecule has 3 aromatic rings. The summed E-state index contributed by atoms with van der Waals surface area (Å²) in [6, 6.07) is 15.1. The van der Waals surface area contributed by atoms with Crippen molar-refractivity contribution in [3.05, 3.63) is 75.8 Å². The fraction of sp³-hybridized carbons (Fsp3) is 0.240. The Morgan fingerprint density at radius 2 is 1.60 bits per heavy atom. The Labute approximate surface area is 207 Å². The van der Waals surface area contributed by atoms with Crippen molar-refractivity contribution < 1.29 is 19.5 Å². The molecule has 1 aromatic heterocycles. The van der Waals surface area contributed by atoms with Crippen LogP contribution >= 0.6 is 11.3 Å². The summed E-state index contributed by atoms with van der Waals surface area (Å²) in [4.78, 5) is 43.5. The zero-order valence-electron chi connectivity index (χ0n) is 19.5. The van der Waals surface area contributed by atoms with Gasteiger partial charge in [-0.3, -0.25) is 14.9 Å². The SMILES string of the molecule is CNC(=O)c1ccc(CCc2sc(NC(C)=O)nc2CCc2ccc(N=CNC(=O)O)cc2)cc1. The van der Waals surface area contributed by atoms with E-state index in [1.165, 1.54) is 18.3 Å². The van der Waals surface area contributed by atoms with Crippen LogP contribution in [0.4, 0.5) is 15.6 Å². The number of anilines is 1. The van der Waals surface area contributed by atoms with Gasteiger partial charge in [0.25, 0.3) is 5.91 Å². The number of aryl methyl sites for hydroxylation is 4. The molecule has 0 atom stereocenters. The number of nitrogens with one attached hydrogen (secondary N) is 3. The quantitative estimate of drug-likeness (QED) is 0.251. The third kappa shape index (κ3) is 8.04. The van der Waals surface area contributed by atoms with Crippen LogP contribution in [0.2, 0.25) is 0 Å². The van der Waals surface area contributed by atoms with Crippen molar-refractivity contribution >= 4 is 46.4 Å². The molecule has 2 aromatic carbocycles. The van der Waals surface area contributed by atoms with Crippen molar-refractivity contribution in [2.24, 2.45) is 4.99 Å². The van der Waals surface area contributed by atoms with Crippen LogP contribution in [0.3, 0.4) is 0 Å². The van der Waals surface area contributed by atoms with Crippen molar-refractivity contribution in [3.63, 3.8) is 0 Å². The molecule has 182 valence electrons. The molecule has 3 amide bonds. The van der Waals surface area contributed by atoms with E-state index in [1.807, 2.05) is 48.5 Å². The van der Waals surface area contributed by atoms with Crippen molar-refractivity contribution in [3.8, 4) is 0 Å². The second-order valence-corrected chi connectivity index (χ2v) is 8.80. The normalized spacial score (nSPS) is 10.8. The minimum absolute atomic E-state index is 0.113. The number of carboxylic acid groups (broad SMARTS) is 1. The molecule has 9 nitrogen and oxygen atoms in total. The first-order valence-electron chi connectivity index (χ1n) is 11.0. The molecule has 0 spiro atoms. The average Bonchev–Trinajstić information content (AvgIpc) is 3.22. The van der Waals surface area contributed by atoms with E-state index >= 15 is 0 Å². The van der Waals surface area contributed by atoms with Crippen LogP contribution < -0.4 is 16.0 Å². The van der Waals surface area contributed by atoms with Crippen LogP contribution in [-0.4, -0.2) is 41.4 Å². The Morgan fingerprint density at radius 1 is 0.971 bits per heavy atom. The number of rotatable bonds is 10. The third-order valence-corrected chi connectivity index (χ3v) is 6.21. The monoisotopic (exact) mass is 493 g/mol. The first kappa shape index (κ1) is 25.6. The van der Waals surface area contributed by atoms with Gasteiger partial charge in [-0.25, -0.2) is 14.8 Å². The molecular formula is C25H27N5O4S. The Bertz CT molecular complexity index is 1200. The molecule has 10 heteroatoms. The summed E-state index contributed by atoms with van der Waals surface area (Å²) in [7, 11) is 1.61. The second-order valence-electron chi connectivity index (χ2n) is 7.72. The predicted octanol–water partition coefficient (Wildman–Crippen LogP) is 3.96. The number of benzene rings is 2. The van der Waals surface area contributed by atoms with Crippen LogP contribution in [-0.2, 0) is 30.5 Å². The highest BCUT2D eigenvalue weighted by Gasteiger charge is 2.13. The smallest absolute Gasteiger partial charge is 0.409 e. The lowest BCUT2D eigenvalue weighted by atomic mass is 10.0. The first-order valence-corrected chi connectivity index (χ1v) is 11.8. The standard InChI is InChI=1S/C25H27N5O4S/c1-16(31)29-24-30-21(13-7-18-5-11-20(12-6-18)27-15-28-25(33)34)22(35-24)14-8-17-3-9-19(10-4-17)23(32)26-2/h3-6,9-12,15H,7-8,13-14H2,1-2H3,(H,26,32)(H,27,28)(H,33,34)(H,29,30,31). The summed E-state index contributed by atoms with van der Waals surface area (Å²) in [5, 5.41) is 16.7. The molecule has 0 aliphatic heterocycles. The highest BCUT2D eigenvalue weighted by atomic mass is 32.1. The molecule has 1 heterocycles. The van der Waals surface area contributed by atoms with Crippen molar-refractivity contribution in [1.29, 1.82) is 0 Å². The highest BCUT2D eigenvalue weighted by molar-refractivity contribution is 7.15. The number of aromatic nitrogens is 1. The summed E-state index contributed by atoms with van der Waals surface area (Å²) >= 11 is 1.49. The van der Waals surface area contributed by atoms with Crippen LogP contribution in [0, 0.1) is 0 Å². The van der Waals surface area contributed by atoms with Crippen molar-refractivity contribution in [1.82, 2.24) is 15.6 Å². The number of amides is 3. The lowest BCUT2D eigenvalue weighted by molar-refractivity contribution is -0.114. The van der Waals surface area contributed by atoms with E-state index in [0.717, 1.165) is 47.3 Å². The van der Waals surface area contributed by atoms with Gasteiger partial charge in [-0.2, -0.15) is 0 Å². The van der Waals surface area contributed by atoms with Gasteiger partial charge in [0, 0.05) is 24.4 Å². The lowest BCUT2D eigenvalue weighted by Gasteiger charge is -2.05. The number of thiazole rings is 1. The predicted molar refractivity (Wildman–Crippen MR) is 137 cm³/mol. The van der Waals surface area contributed by atoms with E-state index in [2.05, 4.69) is 25.9 Å². The number of nitrogens with zero attached hydrogens (tertiary/aromatic N) is 2. The highest BCUT2D eigenvalue weighted by Crippen LogP contribution is 2.26. The van der Waals surface area contributed by atoms with E-state index < -0.39 is 6.09 Å². The maximum atomic E-state index is 11.7. The number of carbonyl (C=O) groups excluding carboxylic acids is 2. The summed E-state index contributed by atoms with van der Waals surface area (Å²) in [5.74, 6) is -0.270. The van der Waals surface area contributed by atoms with Gasteiger partial charge >= 0.3 is 6.09 Å². The summed E-state index contributed by atoms with van der Waals surface area (Å²) in [5.41, 5.74) is 4.44. The molecular weight excluding hydrogens is 466 g/mol. The molecule has 0 saturated heterocycles. The number of hydrogen-bond acceptors (Lipinski definition) is 6. The van der Waals surface area contributed by atoms with Gasteiger partial charge in [-0.05, 0) is 61.1 Å². The Hall–Kier alpha value is -4.05. The van der Waals surface area contributed by atoms with Crippen molar-refractivity contribution in [2.75, 3.05) is 12.4 Å². The maximum absolute atomic E-state index is 11.7. The van der Waals surface area contributed by atoms with E-state index in [-0.39, 0.29) is 11.8 Å². The van der Waals surface area contributed by atoms with Crippen molar-refractivity contribution in [2.45, 2.75) is 32.6 Å². The van der Waals surface area contributed by atoms with Gasteiger partial charge in [0.15, 0.2) is 5.13 Å². The minimum Gasteiger partial charge on any atom is -0.465 e. The summed E-state index contributed by atoms with van der Waals surface area (Å²) in [6.07, 6.45) is 3.01. The molecule has 0 unspecified atom stereocenters. The van der Waals surface area contributed by atoms with Gasteiger partial charge in [-0.15, -0.1) is 11.3 Å². The fourth-order valence-electron chi connectivity index (χ4n) is 3.38. The molecule has 35 heavy (non-hydrogen) atoms. The molecule has 0 bridgehead atoms. The van der Waals surface area contributed by atoms with E-state index in [9.17, 15) is 14.4 Å². The zero-order chi connectivity index (χ0) is 25.2. The zero-order valence-corrected chi connectivity index (χ0v) is 20.3. The van der Waals surface area contributed by atoms with Crippen LogP contribution in [0.15, 0.2) is 53.5 Å². The Morgan fingerprint density at radius 3 is 2.20 bits per heavy atom. The van der Waals surface area contributed by atoms with Gasteiger partial charge in [-0.1, -0.05) is 24.3 Å². The second kappa shape index (κ2) is 12.4. The number of aliphatic imine (C=N–C) groups is 1. The maximum Gasteiger partial charge on any atom is 0.409 e. The number of carbonyl (C=O) groups is 3. The topological polar surface area (TPSA) is 133 Å². The Kier molecular flexibility index (Phi) is 9.08. The van der Waals surface area contributed by atoms with Crippen LogP contribution in [0.5, 0.6) is 0 Å². The van der Waals surface area contributed by atoms with Gasteiger partial charge in [0.2, 0.25) is 5.91 Å². The molecule has 0 fully saturated rings. The molecule has 4 N–H and O–H groups in total. The van der Waals surface area contributed by atoms with Gasteiger partial charge < -0.3 is 15.7 Å². The fourth-order valence-corrected chi connectivity index (χ4v) is 4.43. The summed E-state index contributed by atoms with van der Waals surface area (Å²) in [6.45, 7) is 1.46. The molecule has 0 radical (unpaired) electrons. The third-order valence-electron chi connectivity index (χ3n) is 5.13. The molecule has 3 rings (SSSR count). The van der Waals surface area contributed by atoms with E-state index in [4.69, 9.17) is 5.11 Å². The minimum atomic E-state index is -1.16. The van der Waals surface area contributed by atoms with E-state index in [1.54, 1.807) is 7.05 Å². The largest absolute Gasteiger partial charge is 0.465 e. The van der Waals surface area contributed by atoms with Crippen LogP contribution in [0.1, 0.15) is 39.0 Å². The average molecular weight is 494 g/mol. The van der Waals surface area contributed by atoms with Gasteiger partial charge in [0.05, 0.1) is 17.7 Å². The van der Waals surface area contributed by atoms with Crippen LogP contribution in [0.25, 0.3) is 0 Å². The first-order chi connectivity index (χ1) is 16.8. The molecule has 0 aliphatic carbocycles. The summed E-state index contributed by atoms with van der Waals surface area (Å²) < 4.78 is 0.